The van der Waals surface area contributed by atoms with Gasteiger partial charge in [0.05, 0.1) is 10.7 Å². The third-order valence-corrected chi connectivity index (χ3v) is 3.54. The van der Waals surface area contributed by atoms with E-state index in [1.807, 2.05) is 0 Å². The molecule has 2 amide bonds. The van der Waals surface area contributed by atoms with Crippen molar-refractivity contribution in [3.63, 3.8) is 0 Å². The fraction of sp³-hybridized carbons (Fsp3) is 0.385. The second-order valence-corrected chi connectivity index (χ2v) is 5.04. The predicted octanol–water partition coefficient (Wildman–Crippen LogP) is 1.23. The minimum Gasteiger partial charge on any atom is -0.398 e. The highest BCUT2D eigenvalue weighted by molar-refractivity contribution is 6.33. The Labute approximate surface area is 116 Å². The second-order valence-electron chi connectivity index (χ2n) is 4.63. The Morgan fingerprint density at radius 3 is 2.79 bits per heavy atom. The summed E-state index contributed by atoms with van der Waals surface area (Å²) in [5, 5.41) is 0.351. The maximum atomic E-state index is 12.3. The minimum absolute atomic E-state index is 0.0487. The minimum atomic E-state index is -0.189. The Balaban J connectivity index is 2.18. The summed E-state index contributed by atoms with van der Waals surface area (Å²) in [5.41, 5.74) is 6.51. The van der Waals surface area contributed by atoms with Crippen LogP contribution in [0.5, 0.6) is 0 Å². The monoisotopic (exact) mass is 281 g/mol. The quantitative estimate of drug-likeness (QED) is 0.787. The van der Waals surface area contributed by atoms with Gasteiger partial charge >= 0.3 is 0 Å². The van der Waals surface area contributed by atoms with Gasteiger partial charge in [0.25, 0.3) is 5.91 Å². The molecule has 1 aromatic rings. The van der Waals surface area contributed by atoms with Gasteiger partial charge in [0.15, 0.2) is 0 Å². The van der Waals surface area contributed by atoms with E-state index in [9.17, 15) is 9.59 Å². The number of hydrogen-bond donors (Lipinski definition) is 1. The molecule has 1 fully saturated rings. The molecule has 0 radical (unpaired) electrons. The van der Waals surface area contributed by atoms with Gasteiger partial charge in [-0.1, -0.05) is 11.6 Å². The highest BCUT2D eigenvalue weighted by Crippen LogP contribution is 2.21. The molecule has 2 N–H and O–H groups in total. The van der Waals surface area contributed by atoms with Crippen LogP contribution in [0.25, 0.3) is 0 Å². The lowest BCUT2D eigenvalue weighted by Gasteiger charge is -2.20. The van der Waals surface area contributed by atoms with E-state index in [1.54, 1.807) is 29.0 Å². The standard InChI is InChI=1S/C13H16ClN3O2/c1-16-5-2-6-17(8-12(16)18)13(19)9-3-4-11(15)10(14)7-9/h3-4,7H,2,5-6,8,15H2,1H3. The van der Waals surface area contributed by atoms with Crippen molar-refractivity contribution < 1.29 is 9.59 Å². The molecule has 6 heteroatoms. The van der Waals surface area contributed by atoms with Gasteiger partial charge in [-0.2, -0.15) is 0 Å². The lowest BCUT2D eigenvalue weighted by molar-refractivity contribution is -0.129. The maximum Gasteiger partial charge on any atom is 0.254 e. The van der Waals surface area contributed by atoms with Crippen molar-refractivity contribution in [2.45, 2.75) is 6.42 Å². The summed E-state index contributed by atoms with van der Waals surface area (Å²) in [4.78, 5) is 27.3. The van der Waals surface area contributed by atoms with Crippen molar-refractivity contribution in [1.29, 1.82) is 0 Å². The zero-order chi connectivity index (χ0) is 14.0. The number of amides is 2. The molecule has 0 aliphatic carbocycles. The van der Waals surface area contributed by atoms with Crippen LogP contribution >= 0.6 is 11.6 Å². The molecule has 1 aliphatic rings. The summed E-state index contributed by atoms with van der Waals surface area (Å²) >= 11 is 5.91. The molecule has 1 heterocycles. The number of likely N-dealkylation sites (N-methyl/N-ethyl adjacent to an activating group) is 1. The summed E-state index contributed by atoms with van der Waals surface area (Å²) < 4.78 is 0. The first-order valence-electron chi connectivity index (χ1n) is 6.07. The summed E-state index contributed by atoms with van der Waals surface area (Å²) in [6.07, 6.45) is 0.774. The van der Waals surface area contributed by atoms with Crippen LogP contribution in [-0.4, -0.2) is 48.3 Å². The lowest BCUT2D eigenvalue weighted by atomic mass is 10.1. The van der Waals surface area contributed by atoms with E-state index in [0.717, 1.165) is 6.42 Å². The number of carbonyl (C=O) groups is 2. The first-order chi connectivity index (χ1) is 8.99. The van der Waals surface area contributed by atoms with Gasteiger partial charge in [-0.25, -0.2) is 0 Å². The number of carbonyl (C=O) groups excluding carboxylic acids is 2. The Morgan fingerprint density at radius 1 is 1.37 bits per heavy atom. The molecule has 1 aromatic carbocycles. The van der Waals surface area contributed by atoms with E-state index >= 15 is 0 Å². The van der Waals surface area contributed by atoms with Gasteiger partial charge in [0.1, 0.15) is 6.54 Å². The molecule has 0 bridgehead atoms. The van der Waals surface area contributed by atoms with Gasteiger partial charge in [0.2, 0.25) is 5.91 Å². The molecule has 2 rings (SSSR count). The molecular formula is C13H16ClN3O2. The zero-order valence-electron chi connectivity index (χ0n) is 10.7. The van der Waals surface area contributed by atoms with Crippen molar-refractivity contribution in [2.75, 3.05) is 32.4 Å². The van der Waals surface area contributed by atoms with Crippen LogP contribution in [0.1, 0.15) is 16.8 Å². The van der Waals surface area contributed by atoms with Crippen LogP contribution in [0.4, 0.5) is 5.69 Å². The van der Waals surface area contributed by atoms with Crippen molar-refractivity contribution in [3.8, 4) is 0 Å². The average Bonchev–Trinajstić information content (AvgIpc) is 2.55. The smallest absolute Gasteiger partial charge is 0.254 e. The third kappa shape index (κ3) is 2.98. The van der Waals surface area contributed by atoms with Crippen molar-refractivity contribution >= 4 is 29.1 Å². The van der Waals surface area contributed by atoms with E-state index in [-0.39, 0.29) is 18.4 Å². The number of nitrogens with zero attached hydrogens (tertiary/aromatic N) is 2. The molecule has 102 valence electrons. The average molecular weight is 282 g/mol. The number of hydrogen-bond acceptors (Lipinski definition) is 3. The number of benzene rings is 1. The van der Waals surface area contributed by atoms with Crippen LogP contribution in [0.2, 0.25) is 5.02 Å². The molecule has 0 unspecified atom stereocenters. The van der Waals surface area contributed by atoms with E-state index in [2.05, 4.69) is 0 Å². The number of rotatable bonds is 1. The van der Waals surface area contributed by atoms with Crippen LogP contribution in [0, 0.1) is 0 Å². The Morgan fingerprint density at radius 2 is 2.11 bits per heavy atom. The number of nitrogen functional groups attached to an aromatic ring is 1. The van der Waals surface area contributed by atoms with Crippen molar-refractivity contribution in [1.82, 2.24) is 9.80 Å². The summed E-state index contributed by atoms with van der Waals surface area (Å²) in [5.74, 6) is -0.238. The number of nitrogens with two attached hydrogens (primary N) is 1. The molecule has 1 aliphatic heterocycles. The number of halogens is 1. The van der Waals surface area contributed by atoms with Crippen LogP contribution in [0.3, 0.4) is 0 Å². The van der Waals surface area contributed by atoms with Gasteiger partial charge in [0, 0.05) is 25.7 Å². The molecule has 0 spiro atoms. The Bertz CT molecular complexity index is 519. The normalized spacial score (nSPS) is 16.4. The fourth-order valence-electron chi connectivity index (χ4n) is 2.00. The van der Waals surface area contributed by atoms with Gasteiger partial charge in [-0.15, -0.1) is 0 Å². The highest BCUT2D eigenvalue weighted by Gasteiger charge is 2.23. The third-order valence-electron chi connectivity index (χ3n) is 3.21. The molecule has 1 saturated heterocycles. The Kier molecular flexibility index (Phi) is 3.95. The topological polar surface area (TPSA) is 66.6 Å². The first kappa shape index (κ1) is 13.7. The van der Waals surface area contributed by atoms with Crippen LogP contribution in [-0.2, 0) is 4.79 Å². The van der Waals surface area contributed by atoms with Crippen molar-refractivity contribution in [3.05, 3.63) is 28.8 Å². The Hall–Kier alpha value is -1.75. The fourth-order valence-corrected chi connectivity index (χ4v) is 2.18. The summed E-state index contributed by atoms with van der Waals surface area (Å²) in [7, 11) is 1.75. The molecular weight excluding hydrogens is 266 g/mol. The van der Waals surface area contributed by atoms with Crippen LogP contribution in [0.15, 0.2) is 18.2 Å². The predicted molar refractivity (Wildman–Crippen MR) is 74.0 cm³/mol. The largest absolute Gasteiger partial charge is 0.398 e. The molecule has 0 saturated carbocycles. The molecule has 0 aromatic heterocycles. The van der Waals surface area contributed by atoms with E-state index in [1.165, 1.54) is 6.07 Å². The SMILES string of the molecule is CN1CCCN(C(=O)c2ccc(N)c(Cl)c2)CC1=O. The van der Waals surface area contributed by atoms with E-state index in [4.69, 9.17) is 17.3 Å². The van der Waals surface area contributed by atoms with Crippen LogP contribution < -0.4 is 5.73 Å². The maximum absolute atomic E-state index is 12.3. The highest BCUT2D eigenvalue weighted by atomic mass is 35.5. The molecule has 0 atom stereocenters. The molecule has 5 nitrogen and oxygen atoms in total. The lowest BCUT2D eigenvalue weighted by Crippen LogP contribution is -2.38. The van der Waals surface area contributed by atoms with Gasteiger partial charge in [-0.3, -0.25) is 9.59 Å². The number of anilines is 1. The second kappa shape index (κ2) is 5.48. The van der Waals surface area contributed by atoms with Gasteiger partial charge < -0.3 is 15.5 Å². The van der Waals surface area contributed by atoms with Crippen molar-refractivity contribution in [2.24, 2.45) is 0 Å². The zero-order valence-corrected chi connectivity index (χ0v) is 11.5. The summed E-state index contributed by atoms with van der Waals surface area (Å²) in [6.45, 7) is 1.35. The van der Waals surface area contributed by atoms with Gasteiger partial charge in [-0.05, 0) is 24.6 Å². The first-order valence-corrected chi connectivity index (χ1v) is 6.45. The van der Waals surface area contributed by atoms with E-state index < -0.39 is 0 Å². The summed E-state index contributed by atoms with van der Waals surface area (Å²) in [6, 6.07) is 4.77. The molecule has 19 heavy (non-hydrogen) atoms. The van der Waals surface area contributed by atoms with E-state index in [0.29, 0.717) is 29.4 Å².